The number of benzene rings is 12. The predicted molar refractivity (Wildman–Crippen MR) is 558 cm³/mol. The van der Waals surface area contributed by atoms with Crippen LogP contribution in [0.4, 0.5) is 56.9 Å². The number of thioether (sulfide) groups is 2. The Labute approximate surface area is 894 Å². The quantitative estimate of drug-likeness (QED) is 0.102. The molecule has 2 N–H and O–H groups in total. The van der Waals surface area contributed by atoms with Crippen LogP contribution in [-0.4, -0.2) is 50.1 Å². The number of anilines is 4. The van der Waals surface area contributed by atoms with Crippen LogP contribution in [0.5, 0.6) is 23.0 Å². The molecule has 6 aliphatic heterocycles. The van der Waals surface area contributed by atoms with Crippen molar-refractivity contribution in [1.82, 2.24) is 39.9 Å². The minimum Gasteiger partial charge on any atom is -0.651 e. The summed E-state index contributed by atoms with van der Waals surface area (Å²) in [6, 6.07) is 129. The molecule has 22 nitrogen and oxygen atoms in total. The largest absolute Gasteiger partial charge is 2.00 e. The van der Waals surface area contributed by atoms with Gasteiger partial charge in [0.25, 0.3) is 11.8 Å². The smallest absolute Gasteiger partial charge is 0.651 e. The van der Waals surface area contributed by atoms with Crippen molar-refractivity contribution in [3.05, 3.63) is 500 Å². The summed E-state index contributed by atoms with van der Waals surface area (Å²) >= 11 is 3.33. The predicted octanol–water partition coefficient (Wildman–Crippen LogP) is 32.1. The number of para-hydroxylation sites is 16. The molecule has 0 amide bonds. The van der Waals surface area contributed by atoms with E-state index in [0.29, 0.717) is 45.1 Å². The number of oxazole rings is 2. The van der Waals surface area contributed by atoms with E-state index in [1.807, 2.05) is 364 Å². The number of hydrogen-bond acceptors (Lipinski definition) is 18. The van der Waals surface area contributed by atoms with Gasteiger partial charge in [-0.2, -0.15) is 0 Å². The van der Waals surface area contributed by atoms with Crippen LogP contribution in [0.25, 0.3) is 159 Å². The Balaban J connectivity index is 0.000000122. The molecule has 6 aliphatic rings. The number of pyridine rings is 6. The maximum absolute atomic E-state index is 10.3. The standard InChI is InChI=1S/C38H26N6.C26H16N4O2.C26H16N4S2.C26H16N2O4.4Pt/c1-3-15-29(16-4-1)43-35-23-9-7-19-33(35)41-37(43)25-27-13-11-21-31(39-27)32-22-12-14-28(40-32)26-38-42-34-20-8-10-24-36(34)44(38)30-17-5-2-6-18-30;2*1-3-13-23-21(9-1)29-25(31-23)15-17-7-5-11-19(27-17)20-12-6-8-18(28-20)16-26-30-22-10-2-4-14-24(22)32-26;29-19-11-3-1-7-15(19)17-9-5-13-21-23(17)27-25(31-21)26-28-24-18(10-6-14-22(24)32-26)16-8-2-4-12-20(16)30;;;;/h1-26H;2*1-16H;1-14,29-30H;;;;/q3*-2;;;3*+2. The first-order valence-electron chi connectivity index (χ1n) is 44.9. The monoisotopic (exact) mass is 2630 g/mol. The van der Waals surface area contributed by atoms with Crippen LogP contribution in [-0.2, 0) is 84.3 Å². The van der Waals surface area contributed by atoms with Gasteiger partial charge in [0, 0.05) is 55.1 Å². The van der Waals surface area contributed by atoms with E-state index in [2.05, 4.69) is 89.6 Å². The fraction of sp³-hybridized carbons (Fsp3) is 0. The molecule has 0 saturated carbocycles. The molecule has 0 saturated heterocycles. The van der Waals surface area contributed by atoms with Crippen LogP contribution in [0.3, 0.4) is 0 Å². The molecule has 20 aromatic rings. The van der Waals surface area contributed by atoms with Crippen molar-refractivity contribution >= 4 is 139 Å². The van der Waals surface area contributed by atoms with Crippen molar-refractivity contribution in [2.24, 2.45) is 0 Å². The van der Waals surface area contributed by atoms with Crippen molar-refractivity contribution in [3.8, 4) is 91.2 Å². The maximum Gasteiger partial charge on any atom is 2.00 e. The minimum atomic E-state index is 0. The Morgan fingerprint density at radius 3 is 0.910 bits per heavy atom. The van der Waals surface area contributed by atoms with Crippen LogP contribution >= 0.6 is 23.5 Å². The van der Waals surface area contributed by atoms with Crippen LogP contribution in [0.1, 0.15) is 34.2 Å². The van der Waals surface area contributed by atoms with Crippen LogP contribution in [0.2, 0.25) is 0 Å². The summed E-state index contributed by atoms with van der Waals surface area (Å²) in [7, 11) is 0. The van der Waals surface area contributed by atoms with Crippen LogP contribution in [0.15, 0.2) is 452 Å². The van der Waals surface area contributed by atoms with Crippen molar-refractivity contribution < 1.29 is 113 Å². The second kappa shape index (κ2) is 44.0. The zero-order valence-corrected chi connectivity index (χ0v) is 86.1. The van der Waals surface area contributed by atoms with E-state index in [0.717, 1.165) is 170 Å². The van der Waals surface area contributed by atoms with Crippen molar-refractivity contribution in [3.63, 3.8) is 0 Å². The molecule has 0 atom stereocenters. The molecular weight excluding hydrogens is 2560 g/mol. The molecule has 28 heteroatoms. The number of aromatic hydroxyl groups is 2. The van der Waals surface area contributed by atoms with Gasteiger partial charge in [0.05, 0.1) is 68.3 Å². The number of ether oxygens (including phenoxy) is 2. The third kappa shape index (κ3) is 21.3. The summed E-state index contributed by atoms with van der Waals surface area (Å²) < 4.78 is 23.5. The number of rotatable bonds is 14. The number of nitrogens with zero attached hydrogens (tertiary/aromatic N) is 16. The van der Waals surface area contributed by atoms with Gasteiger partial charge in [0.2, 0.25) is 0 Å². The number of hydrogen-bond donors (Lipinski definition) is 2. The van der Waals surface area contributed by atoms with Gasteiger partial charge in [-0.1, -0.05) is 312 Å². The zero-order chi connectivity index (χ0) is 93.6. The van der Waals surface area contributed by atoms with E-state index >= 15 is 0 Å². The molecule has 0 spiro atoms. The third-order valence-corrected chi connectivity index (χ3v) is 24.9. The topological polar surface area (TPSA) is 279 Å². The fourth-order valence-corrected chi connectivity index (χ4v) is 18.3. The Bertz CT molecular complexity index is 7590. The maximum atomic E-state index is 10.3. The normalized spacial score (nSPS) is 14.4. The number of aromatic nitrogens is 8. The number of fused-ring (bicyclic) bond motifs is 8. The molecular formula is C116H74N16O6Pt4S2. The van der Waals surface area contributed by atoms with Gasteiger partial charge >= 0.3 is 63.2 Å². The molecule has 14 heterocycles. The molecule has 12 aromatic carbocycles. The summed E-state index contributed by atoms with van der Waals surface area (Å²) in [5.74, 6) is 4.97. The Hall–Kier alpha value is -16.0. The first kappa shape index (κ1) is 96.8. The van der Waals surface area contributed by atoms with Gasteiger partial charge in [0.1, 0.15) is 34.0 Å². The molecule has 0 aliphatic carbocycles. The summed E-state index contributed by atoms with van der Waals surface area (Å²) in [6.45, 7) is 0. The second-order valence-corrected chi connectivity index (χ2v) is 34.4. The number of phenols is 2. The summed E-state index contributed by atoms with van der Waals surface area (Å²) in [6.07, 6.45) is 11.7. The van der Waals surface area contributed by atoms with E-state index in [1.165, 1.54) is 9.79 Å². The van der Waals surface area contributed by atoms with E-state index in [4.69, 9.17) is 58.8 Å². The van der Waals surface area contributed by atoms with E-state index in [9.17, 15) is 10.2 Å². The van der Waals surface area contributed by atoms with Gasteiger partial charge in [-0.05, 0) is 202 Å². The molecule has 26 rings (SSSR count). The third-order valence-electron chi connectivity index (χ3n) is 22.9. The second-order valence-electron chi connectivity index (χ2n) is 32.3. The molecule has 0 bridgehead atoms. The molecule has 0 unspecified atom stereocenters. The van der Waals surface area contributed by atoms with Crippen LogP contribution < -0.4 is 19.3 Å². The Morgan fingerprint density at radius 1 is 0.250 bits per heavy atom. The molecule has 8 aromatic heterocycles. The van der Waals surface area contributed by atoms with Crippen molar-refractivity contribution in [2.75, 3.05) is 9.80 Å². The molecule has 144 heavy (non-hydrogen) atoms. The zero-order valence-electron chi connectivity index (χ0n) is 75.3. The van der Waals surface area contributed by atoms with Gasteiger partial charge in [-0.15, -0.1) is 34.9 Å². The average Bonchev–Trinajstić information content (AvgIpc) is 1.62. The summed E-state index contributed by atoms with van der Waals surface area (Å²) in [4.78, 5) is 45.0. The molecule has 0 fully saturated rings. The Morgan fingerprint density at radius 2 is 0.549 bits per heavy atom. The fourth-order valence-electron chi connectivity index (χ4n) is 16.5. The Kier molecular flexibility index (Phi) is 29.6. The first-order valence-corrected chi connectivity index (χ1v) is 46.5. The SMILES string of the molecule is C(=C1[N-]c2ccccc2N1c1ccccc1)c1cccc(-c2cccc(C=C3[N-]c4ccccc4N3c3ccccc3)n2)n1.C(=C1[N-]c2ccccc2O1)c1cccc(-c2cccc(C=C3[N-]c4ccccc4O3)n2)n1.C(=C1[N-]c2ccccc2S1)c1cccc(-c2cccc(C=C3[N-]c4ccccc4S3)n2)n1.Oc1ccccc1-c1cccc2oc(-c3nc4c(-c5ccccc5O)cccc4o3)nc12.[Pt+2].[Pt+2].[Pt+2].[Pt]. The summed E-state index contributed by atoms with van der Waals surface area (Å²) in [5.41, 5.74) is 24.4. The van der Waals surface area contributed by atoms with Crippen molar-refractivity contribution in [1.29, 1.82) is 0 Å². The van der Waals surface area contributed by atoms with Crippen molar-refractivity contribution in [2.45, 2.75) is 9.79 Å². The molecule has 0 radical (unpaired) electrons. The van der Waals surface area contributed by atoms with Gasteiger partial charge < -0.3 is 70.2 Å². The first-order chi connectivity index (χ1) is 69.1. The van der Waals surface area contributed by atoms with E-state index in [1.54, 1.807) is 47.8 Å². The van der Waals surface area contributed by atoms with E-state index in [-0.39, 0.29) is 108 Å². The number of phenolic OH excluding ortho intramolecular Hbond substituents is 2. The average molecular weight is 2630 g/mol. The summed E-state index contributed by atoms with van der Waals surface area (Å²) in [5, 5.41) is 50.7. The molecule has 706 valence electrons. The van der Waals surface area contributed by atoms with Gasteiger partial charge in [0.15, 0.2) is 11.2 Å². The van der Waals surface area contributed by atoms with Gasteiger partial charge in [-0.25, -0.2) is 39.9 Å². The van der Waals surface area contributed by atoms with Crippen LogP contribution in [0, 0.1) is 0 Å². The van der Waals surface area contributed by atoms with E-state index < -0.39 is 0 Å². The minimum absolute atomic E-state index is 0. The van der Waals surface area contributed by atoms with Gasteiger partial charge in [-0.3, -0.25) is 0 Å².